The van der Waals surface area contributed by atoms with Gasteiger partial charge in [0.15, 0.2) is 0 Å². The number of nitrogens with one attached hydrogen (secondary N) is 1. The number of nitrogens with two attached hydrogens (primary N) is 1. The number of amides is 1. The number of ether oxygens (including phenoxy) is 1. The second kappa shape index (κ2) is 5.13. The maximum Gasteiger partial charge on any atom is 0.337 e. The molecule has 0 aliphatic carbocycles. The van der Waals surface area contributed by atoms with Crippen LogP contribution < -0.4 is 11.1 Å². The van der Waals surface area contributed by atoms with Gasteiger partial charge in [-0.15, -0.1) is 0 Å². The van der Waals surface area contributed by atoms with Gasteiger partial charge in [0.1, 0.15) is 5.75 Å². The first-order valence-electron chi connectivity index (χ1n) is 4.49. The van der Waals surface area contributed by atoms with Crippen LogP contribution in [-0.4, -0.2) is 30.6 Å². The van der Waals surface area contributed by atoms with Crippen LogP contribution in [0.1, 0.15) is 10.4 Å². The highest BCUT2D eigenvalue weighted by Gasteiger charge is 2.10. The molecule has 1 aromatic rings. The number of rotatable bonds is 3. The standard InChI is InChI=1S/C10H12N2O4/c1-16-10(15)6-2-3-7(8(13)4-6)12-9(14)5-11/h2-4,13H,5,11H2,1H3,(H,12,14). The normalized spacial score (nSPS) is 9.62. The monoisotopic (exact) mass is 224 g/mol. The summed E-state index contributed by atoms with van der Waals surface area (Å²) in [6.07, 6.45) is 0. The quantitative estimate of drug-likeness (QED) is 0.498. The van der Waals surface area contributed by atoms with Crippen LogP contribution in [0.5, 0.6) is 5.75 Å². The molecule has 6 heteroatoms. The second-order valence-electron chi connectivity index (χ2n) is 2.98. The number of hydrogen-bond acceptors (Lipinski definition) is 5. The van der Waals surface area contributed by atoms with E-state index < -0.39 is 11.9 Å². The molecule has 1 aromatic carbocycles. The fourth-order valence-electron chi connectivity index (χ4n) is 1.08. The average molecular weight is 224 g/mol. The molecule has 0 spiro atoms. The van der Waals surface area contributed by atoms with E-state index in [1.807, 2.05) is 0 Å². The number of phenolic OH excluding ortho intramolecular Hbond substituents is 1. The molecule has 0 unspecified atom stereocenters. The molecule has 0 aliphatic heterocycles. The van der Waals surface area contributed by atoms with E-state index in [0.29, 0.717) is 0 Å². The Morgan fingerprint density at radius 3 is 2.69 bits per heavy atom. The Labute approximate surface area is 92.0 Å². The summed E-state index contributed by atoms with van der Waals surface area (Å²) >= 11 is 0. The van der Waals surface area contributed by atoms with Gasteiger partial charge in [0.2, 0.25) is 5.91 Å². The number of carbonyl (C=O) groups excluding carboxylic acids is 2. The lowest BCUT2D eigenvalue weighted by Crippen LogP contribution is -2.21. The number of benzene rings is 1. The van der Waals surface area contributed by atoms with Gasteiger partial charge in [-0.3, -0.25) is 4.79 Å². The molecule has 0 fully saturated rings. The molecule has 4 N–H and O–H groups in total. The van der Waals surface area contributed by atoms with Gasteiger partial charge in [-0.2, -0.15) is 0 Å². The fourth-order valence-corrected chi connectivity index (χ4v) is 1.08. The van der Waals surface area contributed by atoms with Gasteiger partial charge in [0, 0.05) is 0 Å². The number of esters is 1. The largest absolute Gasteiger partial charge is 0.506 e. The third-order valence-electron chi connectivity index (χ3n) is 1.88. The number of hydrogen-bond donors (Lipinski definition) is 3. The summed E-state index contributed by atoms with van der Waals surface area (Å²) in [6, 6.07) is 4.03. The SMILES string of the molecule is COC(=O)c1ccc(NC(=O)CN)c(O)c1. The van der Waals surface area contributed by atoms with Crippen LogP contribution in [0.3, 0.4) is 0 Å². The topological polar surface area (TPSA) is 102 Å². The van der Waals surface area contributed by atoms with Crippen LogP contribution in [0.2, 0.25) is 0 Å². The highest BCUT2D eigenvalue weighted by atomic mass is 16.5. The minimum atomic E-state index is -0.563. The number of carbonyl (C=O) groups is 2. The molecule has 0 bridgehead atoms. The van der Waals surface area contributed by atoms with Crippen molar-refractivity contribution in [1.29, 1.82) is 0 Å². The summed E-state index contributed by atoms with van der Waals surface area (Å²) in [5.41, 5.74) is 5.50. The highest BCUT2D eigenvalue weighted by molar-refractivity contribution is 5.95. The molecular weight excluding hydrogens is 212 g/mol. The molecule has 0 aliphatic rings. The summed E-state index contributed by atoms with van der Waals surface area (Å²) in [7, 11) is 1.24. The Kier molecular flexibility index (Phi) is 3.84. The highest BCUT2D eigenvalue weighted by Crippen LogP contribution is 2.24. The van der Waals surface area contributed by atoms with E-state index in [0.717, 1.165) is 0 Å². The van der Waals surface area contributed by atoms with Gasteiger partial charge >= 0.3 is 5.97 Å². The smallest absolute Gasteiger partial charge is 0.337 e. The minimum Gasteiger partial charge on any atom is -0.506 e. The molecular formula is C10H12N2O4. The Balaban J connectivity index is 2.91. The van der Waals surface area contributed by atoms with E-state index in [1.165, 1.54) is 25.3 Å². The Morgan fingerprint density at radius 2 is 2.19 bits per heavy atom. The molecule has 0 atom stereocenters. The Morgan fingerprint density at radius 1 is 1.50 bits per heavy atom. The summed E-state index contributed by atoms with van der Waals surface area (Å²) in [5.74, 6) is -1.21. The van der Waals surface area contributed by atoms with Gasteiger partial charge in [0.25, 0.3) is 0 Å². The first-order chi connectivity index (χ1) is 7.58. The summed E-state index contributed by atoms with van der Waals surface area (Å²) in [6.45, 7) is -0.182. The van der Waals surface area contributed by atoms with Crippen molar-refractivity contribution in [3.8, 4) is 5.75 Å². The van der Waals surface area contributed by atoms with E-state index >= 15 is 0 Å². The van der Waals surface area contributed by atoms with Gasteiger partial charge in [-0.1, -0.05) is 0 Å². The minimum absolute atomic E-state index is 0.182. The molecule has 6 nitrogen and oxygen atoms in total. The lowest BCUT2D eigenvalue weighted by Gasteiger charge is -2.07. The number of phenols is 1. The number of anilines is 1. The molecule has 0 aromatic heterocycles. The Bertz CT molecular complexity index is 417. The molecule has 1 rings (SSSR count). The Hall–Kier alpha value is -2.08. The van der Waals surface area contributed by atoms with Crippen molar-refractivity contribution < 1.29 is 19.4 Å². The van der Waals surface area contributed by atoms with Crippen LogP contribution in [0, 0.1) is 0 Å². The predicted molar refractivity (Wildman–Crippen MR) is 57.1 cm³/mol. The van der Waals surface area contributed by atoms with E-state index in [4.69, 9.17) is 5.73 Å². The van der Waals surface area contributed by atoms with Crippen LogP contribution in [0.25, 0.3) is 0 Å². The lowest BCUT2D eigenvalue weighted by atomic mass is 10.2. The van der Waals surface area contributed by atoms with Gasteiger partial charge in [0.05, 0.1) is 24.9 Å². The third kappa shape index (κ3) is 2.71. The molecule has 0 heterocycles. The summed E-state index contributed by atoms with van der Waals surface area (Å²) in [5, 5.41) is 11.9. The van der Waals surface area contributed by atoms with E-state index in [9.17, 15) is 14.7 Å². The van der Waals surface area contributed by atoms with E-state index in [1.54, 1.807) is 0 Å². The van der Waals surface area contributed by atoms with Crippen molar-refractivity contribution in [3.05, 3.63) is 23.8 Å². The maximum atomic E-state index is 11.1. The molecule has 16 heavy (non-hydrogen) atoms. The lowest BCUT2D eigenvalue weighted by molar-refractivity contribution is -0.114. The zero-order chi connectivity index (χ0) is 12.1. The van der Waals surface area contributed by atoms with Crippen LogP contribution in [0.15, 0.2) is 18.2 Å². The maximum absolute atomic E-state index is 11.1. The van der Waals surface area contributed by atoms with Crippen molar-refractivity contribution in [2.75, 3.05) is 19.0 Å². The number of aromatic hydroxyl groups is 1. The van der Waals surface area contributed by atoms with Crippen molar-refractivity contribution in [1.82, 2.24) is 0 Å². The summed E-state index contributed by atoms with van der Waals surface area (Å²) < 4.78 is 4.48. The second-order valence-corrected chi connectivity index (χ2v) is 2.98. The average Bonchev–Trinajstić information content (AvgIpc) is 2.30. The van der Waals surface area contributed by atoms with Crippen LogP contribution in [0.4, 0.5) is 5.69 Å². The molecule has 0 saturated heterocycles. The van der Waals surface area contributed by atoms with Crippen LogP contribution in [-0.2, 0) is 9.53 Å². The zero-order valence-electron chi connectivity index (χ0n) is 8.69. The predicted octanol–water partition coefficient (Wildman–Crippen LogP) is 0.0760. The first-order valence-corrected chi connectivity index (χ1v) is 4.49. The van der Waals surface area contributed by atoms with Gasteiger partial charge in [-0.25, -0.2) is 4.79 Å². The third-order valence-corrected chi connectivity index (χ3v) is 1.88. The van der Waals surface area contributed by atoms with Crippen molar-refractivity contribution in [3.63, 3.8) is 0 Å². The first kappa shape index (κ1) is 12.0. The number of methoxy groups -OCH3 is 1. The van der Waals surface area contributed by atoms with Crippen molar-refractivity contribution in [2.45, 2.75) is 0 Å². The van der Waals surface area contributed by atoms with E-state index in [-0.39, 0.29) is 23.5 Å². The molecule has 0 saturated carbocycles. The zero-order valence-corrected chi connectivity index (χ0v) is 8.69. The summed E-state index contributed by atoms with van der Waals surface area (Å²) in [4.78, 5) is 22.1. The van der Waals surface area contributed by atoms with Crippen molar-refractivity contribution >= 4 is 17.6 Å². The molecule has 86 valence electrons. The van der Waals surface area contributed by atoms with E-state index in [2.05, 4.69) is 10.1 Å². The van der Waals surface area contributed by atoms with Crippen LogP contribution >= 0.6 is 0 Å². The van der Waals surface area contributed by atoms with Crippen molar-refractivity contribution in [2.24, 2.45) is 5.73 Å². The molecule has 0 radical (unpaired) electrons. The molecule has 1 amide bonds. The fraction of sp³-hybridized carbons (Fsp3) is 0.200. The van der Waals surface area contributed by atoms with Gasteiger partial charge < -0.3 is 20.9 Å². The van der Waals surface area contributed by atoms with Gasteiger partial charge in [-0.05, 0) is 18.2 Å².